The van der Waals surface area contributed by atoms with Crippen molar-refractivity contribution in [3.8, 4) is 5.75 Å². The molecular weight excluding hydrogens is 337 g/mol. The number of phenolic OH excluding ortho intramolecular Hbond substituents is 1. The largest absolute Gasteiger partial charge is 0.506 e. The molecule has 0 atom stereocenters. The van der Waals surface area contributed by atoms with E-state index in [1.54, 1.807) is 37.3 Å². The van der Waals surface area contributed by atoms with Gasteiger partial charge in [0.2, 0.25) is 0 Å². The van der Waals surface area contributed by atoms with E-state index in [2.05, 4.69) is 5.32 Å². The quantitative estimate of drug-likeness (QED) is 0.700. The number of aromatic hydroxyl groups is 1. The van der Waals surface area contributed by atoms with Gasteiger partial charge in [0.05, 0.1) is 5.69 Å². The van der Waals surface area contributed by atoms with Crippen molar-refractivity contribution in [3.05, 3.63) is 71.5 Å². The lowest BCUT2D eigenvalue weighted by Gasteiger charge is -2.09. The third-order valence-electron chi connectivity index (χ3n) is 3.85. The molecule has 0 saturated heterocycles. The van der Waals surface area contributed by atoms with Crippen molar-refractivity contribution in [2.45, 2.75) is 6.92 Å². The number of hydrogen-bond acceptors (Lipinski definition) is 4. The van der Waals surface area contributed by atoms with E-state index in [4.69, 9.17) is 4.74 Å². The van der Waals surface area contributed by atoms with E-state index in [0.717, 1.165) is 10.9 Å². The average molecular weight is 353 g/mol. The van der Waals surface area contributed by atoms with Crippen LogP contribution < -0.4 is 5.32 Å². The molecule has 0 bridgehead atoms. The first-order valence-electron chi connectivity index (χ1n) is 7.89. The van der Waals surface area contributed by atoms with Gasteiger partial charge in [-0.1, -0.05) is 36.4 Å². The smallest absolute Gasteiger partial charge is 0.342 e. The SMILES string of the molecule is Cc1ccc(NC(=O)COC(=O)c2ccc3ccccc3c2O)c(F)c1. The van der Waals surface area contributed by atoms with Crippen LogP contribution in [0.5, 0.6) is 5.75 Å². The molecule has 0 aromatic heterocycles. The summed E-state index contributed by atoms with van der Waals surface area (Å²) in [5, 5.41) is 13.8. The monoisotopic (exact) mass is 353 g/mol. The highest BCUT2D eigenvalue weighted by Gasteiger charge is 2.17. The number of carbonyl (C=O) groups is 2. The summed E-state index contributed by atoms with van der Waals surface area (Å²) in [6, 6.07) is 14.5. The molecule has 0 fully saturated rings. The van der Waals surface area contributed by atoms with Crippen LogP contribution in [-0.4, -0.2) is 23.6 Å². The molecule has 0 heterocycles. The molecule has 3 aromatic rings. The summed E-state index contributed by atoms with van der Waals surface area (Å²) in [7, 11) is 0. The number of aryl methyl sites for hydroxylation is 1. The van der Waals surface area contributed by atoms with Gasteiger partial charge in [-0.2, -0.15) is 0 Å². The lowest BCUT2D eigenvalue weighted by atomic mass is 10.1. The van der Waals surface area contributed by atoms with Crippen LogP contribution in [0.3, 0.4) is 0 Å². The van der Waals surface area contributed by atoms with Crippen LogP contribution in [-0.2, 0) is 9.53 Å². The lowest BCUT2D eigenvalue weighted by Crippen LogP contribution is -2.21. The maximum absolute atomic E-state index is 13.7. The lowest BCUT2D eigenvalue weighted by molar-refractivity contribution is -0.119. The minimum absolute atomic E-state index is 0.00482. The number of anilines is 1. The summed E-state index contributed by atoms with van der Waals surface area (Å²) in [4.78, 5) is 24.0. The highest BCUT2D eigenvalue weighted by atomic mass is 19.1. The summed E-state index contributed by atoms with van der Waals surface area (Å²) in [6.45, 7) is 1.13. The second-order valence-corrected chi connectivity index (χ2v) is 5.79. The summed E-state index contributed by atoms with van der Waals surface area (Å²) in [5.74, 6) is -2.30. The molecule has 26 heavy (non-hydrogen) atoms. The van der Waals surface area contributed by atoms with Crippen LogP contribution in [0, 0.1) is 12.7 Å². The topological polar surface area (TPSA) is 75.6 Å². The van der Waals surface area contributed by atoms with Gasteiger partial charge in [0, 0.05) is 5.39 Å². The van der Waals surface area contributed by atoms with Crippen molar-refractivity contribution in [2.24, 2.45) is 0 Å². The maximum Gasteiger partial charge on any atom is 0.342 e. The van der Waals surface area contributed by atoms with Gasteiger partial charge in [0.15, 0.2) is 6.61 Å². The molecule has 6 heteroatoms. The molecule has 0 aliphatic rings. The summed E-state index contributed by atoms with van der Waals surface area (Å²) < 4.78 is 18.6. The number of fused-ring (bicyclic) bond motifs is 1. The van der Waals surface area contributed by atoms with E-state index < -0.39 is 24.3 Å². The molecule has 0 radical (unpaired) electrons. The van der Waals surface area contributed by atoms with Crippen LogP contribution in [0.25, 0.3) is 10.8 Å². The number of hydrogen-bond donors (Lipinski definition) is 2. The molecule has 0 saturated carbocycles. The number of esters is 1. The Bertz CT molecular complexity index is 1000. The fourth-order valence-corrected chi connectivity index (χ4v) is 2.54. The number of benzene rings is 3. The van der Waals surface area contributed by atoms with Gasteiger partial charge in [-0.3, -0.25) is 4.79 Å². The summed E-state index contributed by atoms with van der Waals surface area (Å²) in [6.07, 6.45) is 0. The Hall–Kier alpha value is -3.41. The number of ether oxygens (including phenoxy) is 1. The summed E-state index contributed by atoms with van der Waals surface area (Å²) >= 11 is 0. The van der Waals surface area contributed by atoms with Gasteiger partial charge >= 0.3 is 5.97 Å². The van der Waals surface area contributed by atoms with Gasteiger partial charge in [-0.25, -0.2) is 9.18 Å². The predicted octanol–water partition coefficient (Wildman–Crippen LogP) is 3.79. The first-order chi connectivity index (χ1) is 12.5. The van der Waals surface area contributed by atoms with Crippen molar-refractivity contribution in [1.29, 1.82) is 0 Å². The average Bonchev–Trinajstić information content (AvgIpc) is 2.62. The van der Waals surface area contributed by atoms with Crippen molar-refractivity contribution < 1.29 is 23.8 Å². The van der Waals surface area contributed by atoms with Crippen LogP contribution in [0.4, 0.5) is 10.1 Å². The minimum atomic E-state index is -0.840. The van der Waals surface area contributed by atoms with Crippen LogP contribution in [0.1, 0.15) is 15.9 Å². The molecule has 0 unspecified atom stereocenters. The van der Waals surface area contributed by atoms with Gasteiger partial charge in [-0.15, -0.1) is 0 Å². The van der Waals surface area contributed by atoms with Crippen molar-refractivity contribution >= 4 is 28.3 Å². The highest BCUT2D eigenvalue weighted by Crippen LogP contribution is 2.29. The van der Waals surface area contributed by atoms with Gasteiger partial charge in [0.25, 0.3) is 5.91 Å². The highest BCUT2D eigenvalue weighted by molar-refractivity contribution is 6.02. The van der Waals surface area contributed by atoms with Crippen molar-refractivity contribution in [2.75, 3.05) is 11.9 Å². The van der Waals surface area contributed by atoms with Crippen LogP contribution in [0.15, 0.2) is 54.6 Å². The molecule has 3 aromatic carbocycles. The zero-order valence-corrected chi connectivity index (χ0v) is 14.0. The minimum Gasteiger partial charge on any atom is -0.506 e. The third kappa shape index (κ3) is 3.64. The predicted molar refractivity (Wildman–Crippen MR) is 95.7 cm³/mol. The van der Waals surface area contributed by atoms with E-state index >= 15 is 0 Å². The molecule has 0 spiro atoms. The zero-order valence-electron chi connectivity index (χ0n) is 14.0. The summed E-state index contributed by atoms with van der Waals surface area (Å²) in [5.41, 5.74) is 0.682. The molecular formula is C20H16FNO4. The van der Waals surface area contributed by atoms with E-state index in [-0.39, 0.29) is 17.0 Å². The Kier molecular flexibility index (Phi) is 4.84. The van der Waals surface area contributed by atoms with Crippen molar-refractivity contribution in [3.63, 3.8) is 0 Å². The van der Waals surface area contributed by atoms with Gasteiger partial charge in [0.1, 0.15) is 17.1 Å². The first kappa shape index (κ1) is 17.4. The Labute approximate surface area is 149 Å². The molecule has 0 aliphatic heterocycles. The first-order valence-corrected chi connectivity index (χ1v) is 7.89. The third-order valence-corrected chi connectivity index (χ3v) is 3.85. The van der Waals surface area contributed by atoms with E-state index in [0.29, 0.717) is 5.39 Å². The van der Waals surface area contributed by atoms with E-state index in [1.165, 1.54) is 18.2 Å². The van der Waals surface area contributed by atoms with Crippen LogP contribution >= 0.6 is 0 Å². The number of carbonyl (C=O) groups excluding carboxylic acids is 2. The maximum atomic E-state index is 13.7. The number of phenols is 1. The molecule has 2 N–H and O–H groups in total. The molecule has 1 amide bonds. The Balaban J connectivity index is 1.67. The number of halogens is 1. The normalized spacial score (nSPS) is 10.5. The standard InChI is InChI=1S/C20H16FNO4/c1-12-6-9-17(16(21)10-12)22-18(23)11-26-20(25)15-8-7-13-4-2-3-5-14(13)19(15)24/h2-10,24H,11H2,1H3,(H,22,23). The van der Waals surface area contributed by atoms with Crippen molar-refractivity contribution in [1.82, 2.24) is 0 Å². The Morgan fingerprint density at radius 1 is 1.12 bits per heavy atom. The fourth-order valence-electron chi connectivity index (χ4n) is 2.54. The van der Waals surface area contributed by atoms with E-state index in [9.17, 15) is 19.1 Å². The van der Waals surface area contributed by atoms with Gasteiger partial charge in [-0.05, 0) is 36.1 Å². The number of amides is 1. The Morgan fingerprint density at radius 2 is 1.88 bits per heavy atom. The number of nitrogens with one attached hydrogen (secondary N) is 1. The molecule has 5 nitrogen and oxygen atoms in total. The molecule has 0 aliphatic carbocycles. The molecule has 132 valence electrons. The molecule has 3 rings (SSSR count). The van der Waals surface area contributed by atoms with E-state index in [1.807, 2.05) is 6.07 Å². The zero-order chi connectivity index (χ0) is 18.7. The fraction of sp³-hybridized carbons (Fsp3) is 0.100. The second kappa shape index (κ2) is 7.23. The number of rotatable bonds is 4. The second-order valence-electron chi connectivity index (χ2n) is 5.79. The Morgan fingerprint density at radius 3 is 2.65 bits per heavy atom. The van der Waals surface area contributed by atoms with Crippen LogP contribution in [0.2, 0.25) is 0 Å². The van der Waals surface area contributed by atoms with Gasteiger partial charge < -0.3 is 15.2 Å².